The lowest BCUT2D eigenvalue weighted by Gasteiger charge is -2.16. The summed E-state index contributed by atoms with van der Waals surface area (Å²) in [5, 5.41) is 10.0. The summed E-state index contributed by atoms with van der Waals surface area (Å²) >= 11 is 0. The van der Waals surface area contributed by atoms with Crippen LogP contribution in [0.1, 0.15) is 72.5 Å². The van der Waals surface area contributed by atoms with E-state index in [2.05, 4.69) is 0 Å². The Morgan fingerprint density at radius 3 is 1.44 bits per heavy atom. The van der Waals surface area contributed by atoms with E-state index in [1.54, 1.807) is 13.8 Å². The molecule has 0 amide bonds. The van der Waals surface area contributed by atoms with Crippen LogP contribution < -0.4 is 42.6 Å². The fraction of sp³-hybridized carbons (Fsp3) is 0.209. The van der Waals surface area contributed by atoms with E-state index < -0.39 is 30.0 Å². The minimum absolute atomic E-state index is 0.0764. The van der Waals surface area contributed by atoms with Crippen molar-refractivity contribution in [2.45, 2.75) is 26.9 Å². The van der Waals surface area contributed by atoms with Gasteiger partial charge in [0.05, 0.1) is 52.3 Å². The number of aliphatic hydroxyl groups excluding tert-OH is 1. The van der Waals surface area contributed by atoms with Crippen molar-refractivity contribution < 1.29 is 66.9 Å². The molecule has 0 saturated heterocycles. The van der Waals surface area contributed by atoms with Crippen LogP contribution in [0.15, 0.2) is 91.0 Å². The van der Waals surface area contributed by atoms with Gasteiger partial charge >= 0.3 is 23.9 Å². The van der Waals surface area contributed by atoms with E-state index in [0.29, 0.717) is 29.2 Å². The Morgan fingerprint density at radius 2 is 0.965 bits per heavy atom. The first-order valence-electron chi connectivity index (χ1n) is 17.4. The number of carbonyl (C=O) groups is 4. The molecule has 0 aliphatic rings. The third kappa shape index (κ3) is 9.79. The molecule has 0 radical (unpaired) electrons. The Labute approximate surface area is 328 Å². The van der Waals surface area contributed by atoms with Gasteiger partial charge < -0.3 is 47.7 Å². The number of aliphatic hydroxyl groups is 1. The molecule has 1 unspecified atom stereocenters. The van der Waals surface area contributed by atoms with E-state index in [1.165, 1.54) is 119 Å². The van der Waals surface area contributed by atoms with Crippen molar-refractivity contribution in [2.24, 2.45) is 0 Å². The largest absolute Gasteiger partial charge is 0.496 e. The maximum Gasteiger partial charge on any atom is 0.347 e. The Bertz CT molecular complexity index is 2260. The van der Waals surface area contributed by atoms with E-state index >= 15 is 0 Å². The van der Waals surface area contributed by atoms with Crippen LogP contribution in [-0.2, 0) is 0 Å². The van der Waals surface area contributed by atoms with E-state index in [1.807, 2.05) is 6.92 Å². The molecule has 0 bridgehead atoms. The van der Waals surface area contributed by atoms with Gasteiger partial charge in [-0.25, -0.2) is 19.2 Å². The Hall–Kier alpha value is -7.06. The standard InChI is InChI=1S/C43H40O14/c1-8-53-39-23-37(51-6)33(22-38(39)52-7)43(48)55-29-15-11-27(12-16-29)41(46)57-34-18-17-30(19-24(34)2)56-40(45)26-9-13-28(14-10-26)54-42(47)32-21-35(49-4)31(25(3)44)20-36(32)50-5/h9-23,25,44H,8H2,1-7H3. The molecule has 1 N–H and O–H groups in total. The first kappa shape index (κ1) is 41.1. The minimum Gasteiger partial charge on any atom is -0.496 e. The molecule has 0 aliphatic carbocycles. The quantitative estimate of drug-likeness (QED) is 0.0825. The fourth-order valence-corrected chi connectivity index (χ4v) is 5.47. The van der Waals surface area contributed by atoms with Crippen molar-refractivity contribution in [3.05, 3.63) is 124 Å². The second-order valence-corrected chi connectivity index (χ2v) is 12.1. The molecule has 5 aromatic rings. The number of benzene rings is 5. The van der Waals surface area contributed by atoms with Gasteiger partial charge in [-0.2, -0.15) is 0 Å². The lowest BCUT2D eigenvalue weighted by atomic mass is 10.0. The summed E-state index contributed by atoms with van der Waals surface area (Å²) in [7, 11) is 5.67. The van der Waals surface area contributed by atoms with Crippen molar-refractivity contribution in [1.82, 2.24) is 0 Å². The number of carbonyl (C=O) groups excluding carboxylic acids is 4. The second-order valence-electron chi connectivity index (χ2n) is 12.1. The summed E-state index contributed by atoms with van der Waals surface area (Å²) in [6.07, 6.45) is -0.863. The molecular weight excluding hydrogens is 740 g/mol. The highest BCUT2D eigenvalue weighted by atomic mass is 16.6. The van der Waals surface area contributed by atoms with E-state index in [9.17, 15) is 24.3 Å². The highest BCUT2D eigenvalue weighted by Crippen LogP contribution is 2.36. The Kier molecular flexibility index (Phi) is 13.4. The van der Waals surface area contributed by atoms with Crippen molar-refractivity contribution in [3.63, 3.8) is 0 Å². The molecule has 0 aliphatic heterocycles. The Balaban J connectivity index is 1.17. The topological polar surface area (TPSA) is 172 Å². The number of aryl methyl sites for hydroxylation is 1. The molecule has 296 valence electrons. The predicted molar refractivity (Wildman–Crippen MR) is 205 cm³/mol. The SMILES string of the molecule is CCOc1cc(OC)c(C(=O)Oc2ccc(C(=O)Oc3ccc(OC(=O)c4ccc(OC(=O)c5cc(OC)c(C(C)O)cc5OC)cc4)cc3C)cc2)cc1OC. The van der Waals surface area contributed by atoms with Gasteiger partial charge in [0.1, 0.15) is 51.4 Å². The molecule has 5 aromatic carbocycles. The zero-order valence-corrected chi connectivity index (χ0v) is 32.2. The zero-order valence-electron chi connectivity index (χ0n) is 32.2. The van der Waals surface area contributed by atoms with Crippen molar-refractivity contribution in [2.75, 3.05) is 35.0 Å². The monoisotopic (exact) mass is 780 g/mol. The molecule has 14 heteroatoms. The lowest BCUT2D eigenvalue weighted by Crippen LogP contribution is -2.13. The summed E-state index contributed by atoms with van der Waals surface area (Å²) in [6.45, 7) is 5.44. The fourth-order valence-electron chi connectivity index (χ4n) is 5.47. The molecule has 0 heterocycles. The first-order chi connectivity index (χ1) is 27.4. The molecule has 0 aromatic heterocycles. The number of hydrogen-bond donors (Lipinski definition) is 1. The molecule has 1 atom stereocenters. The first-order valence-corrected chi connectivity index (χ1v) is 17.4. The molecule has 14 nitrogen and oxygen atoms in total. The van der Waals surface area contributed by atoms with Crippen molar-refractivity contribution >= 4 is 23.9 Å². The van der Waals surface area contributed by atoms with Gasteiger partial charge in [0, 0.05) is 17.7 Å². The smallest absolute Gasteiger partial charge is 0.347 e. The van der Waals surface area contributed by atoms with E-state index in [-0.39, 0.29) is 62.5 Å². The van der Waals surface area contributed by atoms with E-state index in [0.717, 1.165) is 0 Å². The van der Waals surface area contributed by atoms with Gasteiger partial charge in [0.2, 0.25) is 0 Å². The van der Waals surface area contributed by atoms with Gasteiger partial charge in [-0.3, -0.25) is 0 Å². The summed E-state index contributed by atoms with van der Waals surface area (Å²) < 4.78 is 49.0. The van der Waals surface area contributed by atoms with Gasteiger partial charge in [0.15, 0.2) is 11.5 Å². The number of esters is 4. The van der Waals surface area contributed by atoms with E-state index in [4.69, 9.17) is 42.6 Å². The number of methoxy groups -OCH3 is 4. The summed E-state index contributed by atoms with van der Waals surface area (Å²) in [5.74, 6) is -0.602. The van der Waals surface area contributed by atoms with Crippen LogP contribution in [0.5, 0.6) is 51.7 Å². The lowest BCUT2D eigenvalue weighted by molar-refractivity contribution is 0.0714. The molecule has 0 saturated carbocycles. The maximum atomic E-state index is 13.0. The van der Waals surface area contributed by atoms with Crippen LogP contribution in [0.4, 0.5) is 0 Å². The van der Waals surface area contributed by atoms with Crippen LogP contribution in [0, 0.1) is 6.92 Å². The predicted octanol–water partition coefficient (Wildman–Crippen LogP) is 7.36. The van der Waals surface area contributed by atoms with Gasteiger partial charge in [0.25, 0.3) is 0 Å². The number of rotatable bonds is 15. The van der Waals surface area contributed by atoms with Crippen molar-refractivity contribution in [1.29, 1.82) is 0 Å². The normalized spacial score (nSPS) is 11.1. The van der Waals surface area contributed by atoms with Gasteiger partial charge in [-0.15, -0.1) is 0 Å². The van der Waals surface area contributed by atoms with Crippen molar-refractivity contribution in [3.8, 4) is 51.7 Å². The third-order valence-corrected chi connectivity index (χ3v) is 8.39. The highest BCUT2D eigenvalue weighted by molar-refractivity contribution is 5.96. The van der Waals surface area contributed by atoms with Gasteiger partial charge in [-0.1, -0.05) is 0 Å². The van der Waals surface area contributed by atoms with Crippen LogP contribution in [0.3, 0.4) is 0 Å². The molecule has 5 rings (SSSR count). The number of hydrogen-bond acceptors (Lipinski definition) is 14. The summed E-state index contributed by atoms with van der Waals surface area (Å²) in [5.41, 5.74) is 1.50. The molecule has 57 heavy (non-hydrogen) atoms. The minimum atomic E-state index is -0.863. The van der Waals surface area contributed by atoms with Crippen LogP contribution >= 0.6 is 0 Å². The number of ether oxygens (including phenoxy) is 9. The summed E-state index contributed by atoms with van der Waals surface area (Å²) in [4.78, 5) is 51.9. The molecule has 0 fully saturated rings. The Morgan fingerprint density at radius 1 is 0.509 bits per heavy atom. The van der Waals surface area contributed by atoms with Crippen LogP contribution in [0.25, 0.3) is 0 Å². The molecule has 0 spiro atoms. The second kappa shape index (κ2) is 18.5. The summed E-state index contributed by atoms with van der Waals surface area (Å²) in [6, 6.07) is 21.9. The third-order valence-electron chi connectivity index (χ3n) is 8.39. The molecular formula is C43H40O14. The van der Waals surface area contributed by atoms with Crippen LogP contribution in [0.2, 0.25) is 0 Å². The maximum absolute atomic E-state index is 13.0. The highest BCUT2D eigenvalue weighted by Gasteiger charge is 2.23. The zero-order chi connectivity index (χ0) is 41.2. The average molecular weight is 781 g/mol. The van der Waals surface area contributed by atoms with Crippen LogP contribution in [-0.4, -0.2) is 64.0 Å². The van der Waals surface area contributed by atoms with Gasteiger partial charge in [-0.05, 0) is 105 Å². The average Bonchev–Trinajstić information content (AvgIpc) is 3.21.